The molecule has 0 amide bonds. The predicted octanol–water partition coefficient (Wildman–Crippen LogP) is 1.56. The van der Waals surface area contributed by atoms with E-state index in [1.807, 2.05) is 7.05 Å². The van der Waals surface area contributed by atoms with Gasteiger partial charge in [0.1, 0.15) is 6.10 Å². The maximum absolute atomic E-state index is 5.97. The van der Waals surface area contributed by atoms with Gasteiger partial charge in [-0.1, -0.05) is 0 Å². The first-order valence-electron chi connectivity index (χ1n) is 10.1. The van der Waals surface area contributed by atoms with Crippen molar-refractivity contribution in [2.75, 3.05) is 53.0 Å². The molecule has 0 radical (unpaired) electrons. The van der Waals surface area contributed by atoms with Gasteiger partial charge in [0.05, 0.1) is 12.7 Å². The van der Waals surface area contributed by atoms with Gasteiger partial charge in [0, 0.05) is 45.9 Å². The molecule has 0 saturated carbocycles. The van der Waals surface area contributed by atoms with Gasteiger partial charge < -0.3 is 24.6 Å². The van der Waals surface area contributed by atoms with Crippen molar-refractivity contribution in [2.45, 2.75) is 57.8 Å². The lowest BCUT2D eigenvalue weighted by molar-refractivity contribution is -0.0817. The first kappa shape index (κ1) is 18.9. The van der Waals surface area contributed by atoms with Crippen LogP contribution in [0.3, 0.4) is 0 Å². The first-order valence-corrected chi connectivity index (χ1v) is 10.1. The molecule has 0 aromatic rings. The minimum atomic E-state index is 0.181. The number of hydrogen-bond acceptors (Lipinski definition) is 4. The Morgan fingerprint density at radius 3 is 2.64 bits per heavy atom. The second-order valence-electron chi connectivity index (χ2n) is 7.93. The topological polar surface area (TPSA) is 49.3 Å². The first-order chi connectivity index (χ1) is 12.2. The van der Waals surface area contributed by atoms with E-state index in [2.05, 4.69) is 34.0 Å². The quantitative estimate of drug-likeness (QED) is 0.615. The van der Waals surface area contributed by atoms with Gasteiger partial charge in [-0.25, -0.2) is 0 Å². The summed E-state index contributed by atoms with van der Waals surface area (Å²) in [4.78, 5) is 9.48. The summed E-state index contributed by atoms with van der Waals surface area (Å²) in [5.74, 6) is 1.73. The lowest BCUT2D eigenvalue weighted by Crippen LogP contribution is -2.54. The van der Waals surface area contributed by atoms with Crippen LogP contribution in [0.2, 0.25) is 0 Å². The summed E-state index contributed by atoms with van der Waals surface area (Å²) >= 11 is 0. The van der Waals surface area contributed by atoms with Gasteiger partial charge in [-0.15, -0.1) is 0 Å². The van der Waals surface area contributed by atoms with E-state index < -0.39 is 0 Å². The molecule has 3 saturated heterocycles. The number of nitrogens with one attached hydrogen (secondary N) is 1. The third-order valence-electron chi connectivity index (χ3n) is 5.81. The SMILES string of the molecule is CN=C(NCC1CCCN(C(C)C)C1)N1CCOC(C2CCCO2)C1. The molecule has 0 aliphatic carbocycles. The molecule has 3 rings (SSSR count). The van der Waals surface area contributed by atoms with Crippen LogP contribution in [0.5, 0.6) is 0 Å². The fraction of sp³-hybridized carbons (Fsp3) is 0.947. The minimum absolute atomic E-state index is 0.181. The summed E-state index contributed by atoms with van der Waals surface area (Å²) in [5.41, 5.74) is 0. The molecule has 25 heavy (non-hydrogen) atoms. The average molecular weight is 353 g/mol. The summed E-state index contributed by atoms with van der Waals surface area (Å²) in [5, 5.41) is 3.63. The highest BCUT2D eigenvalue weighted by molar-refractivity contribution is 5.80. The monoisotopic (exact) mass is 352 g/mol. The predicted molar refractivity (Wildman–Crippen MR) is 101 cm³/mol. The van der Waals surface area contributed by atoms with Crippen molar-refractivity contribution < 1.29 is 9.47 Å². The Labute approximate surface area is 152 Å². The van der Waals surface area contributed by atoms with Gasteiger partial charge in [0.15, 0.2) is 5.96 Å². The second kappa shape index (κ2) is 9.19. The number of aliphatic imine (C=N–C) groups is 1. The van der Waals surface area contributed by atoms with Gasteiger partial charge in [-0.2, -0.15) is 0 Å². The van der Waals surface area contributed by atoms with Gasteiger partial charge in [0.2, 0.25) is 0 Å². The van der Waals surface area contributed by atoms with Crippen LogP contribution in [0.4, 0.5) is 0 Å². The normalized spacial score (nSPS) is 32.4. The Morgan fingerprint density at radius 2 is 1.92 bits per heavy atom. The van der Waals surface area contributed by atoms with Crippen LogP contribution in [0.1, 0.15) is 39.5 Å². The minimum Gasteiger partial charge on any atom is -0.375 e. The Kier molecular flexibility index (Phi) is 6.96. The van der Waals surface area contributed by atoms with Crippen molar-refractivity contribution in [3.8, 4) is 0 Å². The van der Waals surface area contributed by atoms with Crippen LogP contribution in [0, 0.1) is 5.92 Å². The lowest BCUT2D eigenvalue weighted by Gasteiger charge is -2.38. The molecule has 0 aromatic heterocycles. The van der Waals surface area contributed by atoms with Gasteiger partial charge in [-0.05, 0) is 52.0 Å². The fourth-order valence-electron chi connectivity index (χ4n) is 4.29. The van der Waals surface area contributed by atoms with E-state index in [1.165, 1.54) is 25.9 Å². The van der Waals surface area contributed by atoms with E-state index in [0.29, 0.717) is 12.0 Å². The van der Waals surface area contributed by atoms with E-state index in [0.717, 1.165) is 51.6 Å². The molecule has 3 atom stereocenters. The molecule has 3 heterocycles. The maximum atomic E-state index is 5.97. The van der Waals surface area contributed by atoms with E-state index in [1.54, 1.807) is 0 Å². The average Bonchev–Trinajstić information content (AvgIpc) is 3.17. The molecule has 3 fully saturated rings. The summed E-state index contributed by atoms with van der Waals surface area (Å²) in [7, 11) is 1.89. The fourth-order valence-corrected chi connectivity index (χ4v) is 4.29. The lowest BCUT2D eigenvalue weighted by atomic mass is 9.97. The number of likely N-dealkylation sites (tertiary alicyclic amines) is 1. The van der Waals surface area contributed by atoms with Crippen molar-refractivity contribution in [3.63, 3.8) is 0 Å². The van der Waals surface area contributed by atoms with Gasteiger partial charge in [-0.3, -0.25) is 4.99 Å². The zero-order valence-electron chi connectivity index (χ0n) is 16.2. The summed E-state index contributed by atoms with van der Waals surface area (Å²) in [6.45, 7) is 11.5. The summed E-state index contributed by atoms with van der Waals surface area (Å²) in [6, 6.07) is 0.647. The second-order valence-corrected chi connectivity index (χ2v) is 7.93. The zero-order valence-corrected chi connectivity index (χ0v) is 16.2. The zero-order chi connectivity index (χ0) is 17.6. The molecule has 144 valence electrons. The third kappa shape index (κ3) is 5.08. The van der Waals surface area contributed by atoms with Crippen LogP contribution in [-0.4, -0.2) is 87.0 Å². The Bertz CT molecular complexity index is 437. The van der Waals surface area contributed by atoms with E-state index in [4.69, 9.17) is 9.47 Å². The number of hydrogen-bond donors (Lipinski definition) is 1. The smallest absolute Gasteiger partial charge is 0.193 e. The number of guanidine groups is 1. The van der Waals surface area contributed by atoms with Crippen molar-refractivity contribution in [1.29, 1.82) is 0 Å². The molecule has 3 aliphatic rings. The summed E-state index contributed by atoms with van der Waals surface area (Å²) in [6.07, 6.45) is 5.35. The highest BCUT2D eigenvalue weighted by Gasteiger charge is 2.32. The Hall–Kier alpha value is -0.850. The largest absolute Gasteiger partial charge is 0.375 e. The standard InChI is InChI=1S/C19H36N4O2/c1-15(2)22-8-4-6-16(13-22)12-21-19(20-3)23-9-11-25-18(14-23)17-7-5-10-24-17/h15-18H,4-14H2,1-3H3,(H,20,21). The molecule has 3 aliphatic heterocycles. The van der Waals surface area contributed by atoms with Gasteiger partial charge >= 0.3 is 0 Å². The van der Waals surface area contributed by atoms with Crippen LogP contribution in [-0.2, 0) is 9.47 Å². The van der Waals surface area contributed by atoms with Crippen molar-refractivity contribution in [1.82, 2.24) is 15.1 Å². The van der Waals surface area contributed by atoms with Crippen molar-refractivity contribution in [2.24, 2.45) is 10.9 Å². The summed E-state index contributed by atoms with van der Waals surface area (Å²) < 4.78 is 11.8. The molecule has 6 heteroatoms. The van der Waals surface area contributed by atoms with E-state index >= 15 is 0 Å². The molecular weight excluding hydrogens is 316 g/mol. The molecular formula is C19H36N4O2. The van der Waals surface area contributed by atoms with Crippen LogP contribution in [0.15, 0.2) is 4.99 Å². The van der Waals surface area contributed by atoms with Crippen LogP contribution >= 0.6 is 0 Å². The number of ether oxygens (including phenoxy) is 2. The van der Waals surface area contributed by atoms with Crippen LogP contribution in [0.25, 0.3) is 0 Å². The van der Waals surface area contributed by atoms with Gasteiger partial charge in [0.25, 0.3) is 0 Å². The highest BCUT2D eigenvalue weighted by atomic mass is 16.5. The molecule has 0 spiro atoms. The third-order valence-corrected chi connectivity index (χ3v) is 5.81. The Morgan fingerprint density at radius 1 is 1.08 bits per heavy atom. The van der Waals surface area contributed by atoms with E-state index in [-0.39, 0.29) is 12.2 Å². The number of piperidine rings is 1. The van der Waals surface area contributed by atoms with Crippen molar-refractivity contribution >= 4 is 5.96 Å². The van der Waals surface area contributed by atoms with Crippen LogP contribution < -0.4 is 5.32 Å². The Balaban J connectivity index is 1.48. The van der Waals surface area contributed by atoms with Crippen molar-refractivity contribution in [3.05, 3.63) is 0 Å². The molecule has 3 unspecified atom stereocenters. The number of nitrogens with zero attached hydrogens (tertiary/aromatic N) is 3. The number of rotatable bonds is 4. The maximum Gasteiger partial charge on any atom is 0.193 e. The number of morpholine rings is 1. The molecule has 0 aromatic carbocycles. The van der Waals surface area contributed by atoms with E-state index in [9.17, 15) is 0 Å². The highest BCUT2D eigenvalue weighted by Crippen LogP contribution is 2.21. The molecule has 0 bridgehead atoms. The molecule has 1 N–H and O–H groups in total. The molecule has 6 nitrogen and oxygen atoms in total.